The fraction of sp³-hybridized carbons (Fsp3) is 0.267. The highest BCUT2D eigenvalue weighted by atomic mass is 16.5. The topological polar surface area (TPSA) is 59.4 Å². The minimum absolute atomic E-state index is 0.0671. The first-order valence-electron chi connectivity index (χ1n) is 12.2. The Kier molecular flexibility index (Phi) is 7.99. The van der Waals surface area contributed by atoms with Crippen molar-refractivity contribution in [3.8, 4) is 11.4 Å². The van der Waals surface area contributed by atoms with Crippen LogP contribution in [0, 0.1) is 0 Å². The van der Waals surface area contributed by atoms with Gasteiger partial charge in [0.15, 0.2) is 0 Å². The molecule has 0 aliphatic rings. The first-order chi connectivity index (χ1) is 17.1. The van der Waals surface area contributed by atoms with Crippen molar-refractivity contribution in [3.63, 3.8) is 0 Å². The summed E-state index contributed by atoms with van der Waals surface area (Å²) in [4.78, 5) is 18.3. The van der Waals surface area contributed by atoms with Gasteiger partial charge in [-0.25, -0.2) is 4.68 Å². The molecule has 0 fully saturated rings. The van der Waals surface area contributed by atoms with E-state index in [0.29, 0.717) is 12.1 Å². The number of nitrogens with zero attached hydrogens (tertiary/aromatic N) is 2. The Morgan fingerprint density at radius 1 is 0.943 bits per heavy atom. The first kappa shape index (κ1) is 24.3. The number of H-pyrrole nitrogens is 1. The van der Waals surface area contributed by atoms with E-state index in [1.807, 2.05) is 43.3 Å². The Balaban J connectivity index is 1.60. The lowest BCUT2D eigenvalue weighted by Crippen LogP contribution is -2.20. The molecule has 0 atom stereocenters. The molecule has 1 aromatic heterocycles. The molecule has 0 aliphatic heterocycles. The van der Waals surface area contributed by atoms with E-state index in [9.17, 15) is 4.79 Å². The van der Waals surface area contributed by atoms with Crippen molar-refractivity contribution >= 4 is 5.71 Å². The fourth-order valence-electron chi connectivity index (χ4n) is 4.54. The number of aromatic nitrogens is 2. The maximum Gasteiger partial charge on any atom is 0.280 e. The molecule has 1 heterocycles. The van der Waals surface area contributed by atoms with Crippen LogP contribution >= 0.6 is 0 Å². The zero-order valence-corrected chi connectivity index (χ0v) is 20.7. The molecule has 35 heavy (non-hydrogen) atoms. The highest BCUT2D eigenvalue weighted by Gasteiger charge is 2.18. The maximum absolute atomic E-state index is 13.4. The second kappa shape index (κ2) is 11.5. The number of methoxy groups -OCH3 is 1. The number of benzene rings is 3. The van der Waals surface area contributed by atoms with E-state index in [1.165, 1.54) is 11.1 Å². The minimum atomic E-state index is -0.0671. The Morgan fingerprint density at radius 2 is 1.54 bits per heavy atom. The lowest BCUT2D eigenvalue weighted by Gasteiger charge is -2.17. The quantitative estimate of drug-likeness (QED) is 0.284. The summed E-state index contributed by atoms with van der Waals surface area (Å²) in [6.07, 6.45) is 2.59. The van der Waals surface area contributed by atoms with Gasteiger partial charge >= 0.3 is 0 Å². The molecule has 5 nitrogen and oxygen atoms in total. The average Bonchev–Trinajstić information content (AvgIpc) is 3.23. The number of aryl methyl sites for hydroxylation is 1. The third kappa shape index (κ3) is 5.62. The smallest absolute Gasteiger partial charge is 0.280 e. The van der Waals surface area contributed by atoms with Crippen molar-refractivity contribution in [1.29, 1.82) is 0 Å². The summed E-state index contributed by atoms with van der Waals surface area (Å²) >= 11 is 0. The van der Waals surface area contributed by atoms with E-state index in [0.717, 1.165) is 42.1 Å². The summed E-state index contributed by atoms with van der Waals surface area (Å²) in [5.41, 5.74) is 5.66. The molecule has 0 unspecified atom stereocenters. The second-order valence-electron chi connectivity index (χ2n) is 8.68. The van der Waals surface area contributed by atoms with Gasteiger partial charge in [-0.3, -0.25) is 14.9 Å². The largest absolute Gasteiger partial charge is 0.497 e. The zero-order chi connectivity index (χ0) is 24.6. The van der Waals surface area contributed by atoms with Crippen molar-refractivity contribution in [2.75, 3.05) is 13.7 Å². The predicted octanol–water partition coefficient (Wildman–Crippen LogP) is 6.16. The SMILES string of the molecule is CCCc1[nH]n(-c2ccc(OC)cc2)c(=O)c1C(C)=NCCC(c1ccccc1)c1ccccc1. The van der Waals surface area contributed by atoms with Gasteiger partial charge in [-0.2, -0.15) is 0 Å². The Labute approximate surface area is 207 Å². The van der Waals surface area contributed by atoms with Gasteiger partial charge in [0.25, 0.3) is 5.56 Å². The van der Waals surface area contributed by atoms with Gasteiger partial charge in [-0.1, -0.05) is 74.0 Å². The van der Waals surface area contributed by atoms with Crippen molar-refractivity contribution in [2.45, 2.75) is 39.0 Å². The standard InChI is InChI=1S/C30H33N3O2/c1-4-11-28-29(30(34)33(32-28)25-16-18-26(35-3)19-17-25)22(2)31-21-20-27(23-12-7-5-8-13-23)24-14-9-6-10-15-24/h5-10,12-19,27,32H,4,11,20-21H2,1-3H3. The average molecular weight is 468 g/mol. The van der Waals surface area contributed by atoms with Crippen molar-refractivity contribution in [3.05, 3.63) is 118 Å². The molecule has 4 aromatic rings. The number of nitrogens with one attached hydrogen (secondary N) is 1. The van der Waals surface area contributed by atoms with E-state index in [4.69, 9.17) is 9.73 Å². The molecule has 0 radical (unpaired) electrons. The van der Waals surface area contributed by atoms with Gasteiger partial charge in [0.05, 0.1) is 18.4 Å². The molecule has 0 spiro atoms. The molecular formula is C30H33N3O2. The normalized spacial score (nSPS) is 11.7. The number of aromatic amines is 1. The number of ether oxygens (including phenoxy) is 1. The van der Waals surface area contributed by atoms with Crippen LogP contribution in [0.15, 0.2) is 94.7 Å². The van der Waals surface area contributed by atoms with Crippen molar-refractivity contribution < 1.29 is 4.74 Å². The summed E-state index contributed by atoms with van der Waals surface area (Å²) in [6, 6.07) is 28.6. The van der Waals surface area contributed by atoms with Crippen LogP contribution in [0.4, 0.5) is 0 Å². The van der Waals surface area contributed by atoms with Crippen LogP contribution in [-0.2, 0) is 6.42 Å². The van der Waals surface area contributed by atoms with Crippen molar-refractivity contribution in [1.82, 2.24) is 9.78 Å². The summed E-state index contributed by atoms with van der Waals surface area (Å²) in [5, 5.41) is 3.32. The number of hydrogen-bond acceptors (Lipinski definition) is 3. The summed E-state index contributed by atoms with van der Waals surface area (Å²) in [7, 11) is 1.63. The summed E-state index contributed by atoms with van der Waals surface area (Å²) in [5.74, 6) is 1.01. The van der Waals surface area contributed by atoms with Gasteiger partial charge in [0, 0.05) is 23.9 Å². The van der Waals surface area contributed by atoms with Gasteiger partial charge in [0.1, 0.15) is 5.75 Å². The number of aliphatic imine (C=N–C) groups is 1. The Hall–Kier alpha value is -3.86. The molecule has 0 saturated carbocycles. The molecule has 0 bridgehead atoms. The van der Waals surface area contributed by atoms with Crippen molar-refractivity contribution in [2.24, 2.45) is 4.99 Å². The highest BCUT2D eigenvalue weighted by molar-refractivity contribution is 5.99. The molecule has 0 saturated heterocycles. The van der Waals surface area contributed by atoms with Gasteiger partial charge in [-0.05, 0) is 55.2 Å². The lowest BCUT2D eigenvalue weighted by atomic mass is 9.88. The lowest BCUT2D eigenvalue weighted by molar-refractivity contribution is 0.414. The monoisotopic (exact) mass is 467 g/mol. The fourth-order valence-corrected chi connectivity index (χ4v) is 4.54. The van der Waals surface area contributed by atoms with E-state index in [1.54, 1.807) is 11.8 Å². The zero-order valence-electron chi connectivity index (χ0n) is 20.7. The molecule has 1 N–H and O–H groups in total. The molecule has 3 aromatic carbocycles. The summed E-state index contributed by atoms with van der Waals surface area (Å²) < 4.78 is 6.86. The van der Waals surface area contributed by atoms with Gasteiger partial charge in [0.2, 0.25) is 0 Å². The van der Waals surface area contributed by atoms with Crippen LogP contribution in [0.1, 0.15) is 55.0 Å². The van der Waals surface area contributed by atoms with Crippen LogP contribution in [0.2, 0.25) is 0 Å². The molecule has 5 heteroatoms. The van der Waals surface area contributed by atoms with E-state index >= 15 is 0 Å². The van der Waals surface area contributed by atoms with Crippen LogP contribution < -0.4 is 10.3 Å². The molecule has 0 amide bonds. The van der Waals surface area contributed by atoms with E-state index in [2.05, 4.69) is 60.6 Å². The maximum atomic E-state index is 13.4. The minimum Gasteiger partial charge on any atom is -0.497 e. The molecule has 4 rings (SSSR count). The van der Waals surface area contributed by atoms with E-state index in [-0.39, 0.29) is 11.5 Å². The van der Waals surface area contributed by atoms with Crippen LogP contribution in [0.25, 0.3) is 5.69 Å². The van der Waals surface area contributed by atoms with Crippen LogP contribution in [-0.4, -0.2) is 29.1 Å². The molecule has 0 aliphatic carbocycles. The van der Waals surface area contributed by atoms with E-state index < -0.39 is 0 Å². The second-order valence-corrected chi connectivity index (χ2v) is 8.68. The van der Waals surface area contributed by atoms with Gasteiger partial charge < -0.3 is 4.74 Å². The summed E-state index contributed by atoms with van der Waals surface area (Å²) in [6.45, 7) is 4.70. The third-order valence-corrected chi connectivity index (χ3v) is 6.33. The molecule has 180 valence electrons. The van der Waals surface area contributed by atoms with Crippen LogP contribution in [0.5, 0.6) is 5.75 Å². The highest BCUT2D eigenvalue weighted by Crippen LogP contribution is 2.28. The Bertz CT molecular complexity index is 1260. The third-order valence-electron chi connectivity index (χ3n) is 6.33. The van der Waals surface area contributed by atoms with Crippen LogP contribution in [0.3, 0.4) is 0 Å². The predicted molar refractivity (Wildman–Crippen MR) is 143 cm³/mol. The number of hydrogen-bond donors (Lipinski definition) is 1. The molecular weight excluding hydrogens is 434 g/mol. The first-order valence-corrected chi connectivity index (χ1v) is 12.2. The Morgan fingerprint density at radius 3 is 2.09 bits per heavy atom. The van der Waals surface area contributed by atoms with Gasteiger partial charge in [-0.15, -0.1) is 0 Å². The number of rotatable bonds is 10.